The first-order chi connectivity index (χ1) is 6.83. The molecule has 2 rings (SSSR count). The molecule has 0 bridgehead atoms. The van der Waals surface area contributed by atoms with Crippen LogP contribution >= 0.6 is 0 Å². The highest BCUT2D eigenvalue weighted by atomic mass is 16.5. The molecule has 14 heavy (non-hydrogen) atoms. The minimum atomic E-state index is 0.108. The molecule has 0 unspecified atom stereocenters. The Balaban J connectivity index is 2.35. The smallest absolute Gasteiger partial charge is 0.228 e. The van der Waals surface area contributed by atoms with Gasteiger partial charge in [0.2, 0.25) is 5.91 Å². The van der Waals surface area contributed by atoms with E-state index in [0.717, 1.165) is 11.3 Å². The largest absolute Gasteiger partial charge is 0.356 e. The number of amides is 1. The zero-order valence-corrected chi connectivity index (χ0v) is 8.19. The number of nitrogens with zero attached hydrogens (tertiary/aromatic N) is 1. The van der Waals surface area contributed by atoms with Crippen molar-refractivity contribution in [3.8, 4) is 0 Å². The Morgan fingerprint density at radius 3 is 3.07 bits per heavy atom. The number of carbonyl (C=O) groups is 1. The lowest BCUT2D eigenvalue weighted by atomic mass is 10.1. The maximum atomic E-state index is 11.6. The molecule has 0 radical (unpaired) electrons. The topological polar surface area (TPSA) is 29.5 Å². The highest BCUT2D eigenvalue weighted by Gasteiger charge is 2.20. The molecule has 1 amide bonds. The average molecular weight is 191 g/mol. The third-order valence-corrected chi connectivity index (χ3v) is 2.36. The van der Waals surface area contributed by atoms with Gasteiger partial charge in [0, 0.05) is 12.0 Å². The summed E-state index contributed by atoms with van der Waals surface area (Å²) < 4.78 is 5.34. The number of anilines is 1. The molecule has 74 valence electrons. The number of hydrogen-bond donors (Lipinski definition) is 0. The van der Waals surface area contributed by atoms with Gasteiger partial charge < -0.3 is 4.74 Å². The molecule has 3 heteroatoms. The van der Waals surface area contributed by atoms with E-state index in [2.05, 4.69) is 0 Å². The van der Waals surface area contributed by atoms with Crippen LogP contribution in [-0.4, -0.2) is 12.6 Å². The maximum Gasteiger partial charge on any atom is 0.228 e. The predicted molar refractivity (Wildman–Crippen MR) is 53.9 cm³/mol. The fourth-order valence-electron chi connectivity index (χ4n) is 1.61. The standard InChI is InChI=1S/C11H13NO2/c1-2-11(13)12-8-14-7-9-5-3-4-6-10(9)12/h3-6H,2,7-8H2,1H3. The van der Waals surface area contributed by atoms with Crippen molar-refractivity contribution in [1.29, 1.82) is 0 Å². The molecule has 0 fully saturated rings. The van der Waals surface area contributed by atoms with Gasteiger partial charge in [0.05, 0.1) is 12.3 Å². The number of fused-ring (bicyclic) bond motifs is 1. The van der Waals surface area contributed by atoms with Gasteiger partial charge in [-0.15, -0.1) is 0 Å². The number of para-hydroxylation sites is 1. The summed E-state index contributed by atoms with van der Waals surface area (Å²) in [4.78, 5) is 13.3. The summed E-state index contributed by atoms with van der Waals surface area (Å²) in [6.07, 6.45) is 0.512. The Kier molecular flexibility index (Phi) is 2.50. The Bertz CT molecular complexity index is 349. The summed E-state index contributed by atoms with van der Waals surface area (Å²) in [5.74, 6) is 0.108. The molecule has 0 saturated carbocycles. The van der Waals surface area contributed by atoms with Gasteiger partial charge in [-0.05, 0) is 6.07 Å². The van der Waals surface area contributed by atoms with E-state index in [1.165, 1.54) is 0 Å². The third kappa shape index (κ3) is 1.51. The van der Waals surface area contributed by atoms with Crippen molar-refractivity contribution >= 4 is 11.6 Å². The lowest BCUT2D eigenvalue weighted by Gasteiger charge is -2.28. The molecule has 0 aliphatic carbocycles. The van der Waals surface area contributed by atoms with Crippen molar-refractivity contribution in [2.75, 3.05) is 11.6 Å². The van der Waals surface area contributed by atoms with Crippen molar-refractivity contribution in [3.05, 3.63) is 29.8 Å². The van der Waals surface area contributed by atoms with E-state index in [1.807, 2.05) is 31.2 Å². The third-order valence-electron chi connectivity index (χ3n) is 2.36. The van der Waals surface area contributed by atoms with Gasteiger partial charge in [0.25, 0.3) is 0 Å². The molecule has 0 aromatic heterocycles. The SMILES string of the molecule is CCC(=O)N1COCc2ccccc21. The molecular weight excluding hydrogens is 178 g/mol. The number of rotatable bonds is 1. The molecule has 0 spiro atoms. The van der Waals surface area contributed by atoms with E-state index in [1.54, 1.807) is 4.90 Å². The van der Waals surface area contributed by atoms with Crippen LogP contribution in [0.4, 0.5) is 5.69 Å². The summed E-state index contributed by atoms with van der Waals surface area (Å²) in [5.41, 5.74) is 2.08. The summed E-state index contributed by atoms with van der Waals surface area (Å²) in [6, 6.07) is 7.86. The number of hydrogen-bond acceptors (Lipinski definition) is 2. The van der Waals surface area contributed by atoms with Crippen LogP contribution in [0.3, 0.4) is 0 Å². The van der Waals surface area contributed by atoms with Gasteiger partial charge in [-0.1, -0.05) is 25.1 Å². The molecule has 0 saturated heterocycles. The van der Waals surface area contributed by atoms with Crippen molar-refractivity contribution < 1.29 is 9.53 Å². The van der Waals surface area contributed by atoms with E-state index in [0.29, 0.717) is 19.8 Å². The van der Waals surface area contributed by atoms with E-state index < -0.39 is 0 Å². The fourth-order valence-corrected chi connectivity index (χ4v) is 1.61. The zero-order valence-electron chi connectivity index (χ0n) is 8.19. The molecular formula is C11H13NO2. The number of carbonyl (C=O) groups excluding carboxylic acids is 1. The van der Waals surface area contributed by atoms with E-state index in [-0.39, 0.29) is 5.91 Å². The molecule has 1 aromatic carbocycles. The fraction of sp³-hybridized carbons (Fsp3) is 0.364. The van der Waals surface area contributed by atoms with Crippen molar-refractivity contribution in [3.63, 3.8) is 0 Å². The summed E-state index contributed by atoms with van der Waals surface area (Å²) >= 11 is 0. The van der Waals surface area contributed by atoms with Crippen LogP contribution in [0, 0.1) is 0 Å². The van der Waals surface area contributed by atoms with Crippen molar-refractivity contribution in [2.24, 2.45) is 0 Å². The average Bonchev–Trinajstić information content (AvgIpc) is 2.27. The molecule has 1 heterocycles. The van der Waals surface area contributed by atoms with Gasteiger partial charge in [-0.25, -0.2) is 0 Å². The van der Waals surface area contributed by atoms with E-state index in [9.17, 15) is 4.79 Å². The Hall–Kier alpha value is -1.35. The van der Waals surface area contributed by atoms with Crippen LogP contribution in [0.2, 0.25) is 0 Å². The van der Waals surface area contributed by atoms with Crippen LogP contribution in [0.15, 0.2) is 24.3 Å². The van der Waals surface area contributed by atoms with Crippen LogP contribution in [0.1, 0.15) is 18.9 Å². The van der Waals surface area contributed by atoms with Crippen LogP contribution in [0.5, 0.6) is 0 Å². The highest BCUT2D eigenvalue weighted by molar-refractivity contribution is 5.93. The second-order valence-corrected chi connectivity index (χ2v) is 3.28. The lowest BCUT2D eigenvalue weighted by Crippen LogP contribution is -2.36. The summed E-state index contributed by atoms with van der Waals surface area (Å²) in [7, 11) is 0. The first kappa shape index (κ1) is 9.21. The van der Waals surface area contributed by atoms with E-state index in [4.69, 9.17) is 4.74 Å². The Morgan fingerprint density at radius 2 is 2.29 bits per heavy atom. The first-order valence-corrected chi connectivity index (χ1v) is 4.79. The Morgan fingerprint density at radius 1 is 1.50 bits per heavy atom. The monoisotopic (exact) mass is 191 g/mol. The van der Waals surface area contributed by atoms with Gasteiger partial charge >= 0.3 is 0 Å². The summed E-state index contributed by atoms with van der Waals surface area (Å²) in [5, 5.41) is 0. The van der Waals surface area contributed by atoms with Gasteiger partial charge in [0.1, 0.15) is 6.73 Å². The van der Waals surface area contributed by atoms with Crippen LogP contribution < -0.4 is 4.90 Å². The molecule has 1 aliphatic rings. The minimum Gasteiger partial charge on any atom is -0.356 e. The van der Waals surface area contributed by atoms with Gasteiger partial charge in [0.15, 0.2) is 0 Å². The molecule has 0 N–H and O–H groups in total. The molecule has 0 atom stereocenters. The highest BCUT2D eigenvalue weighted by Crippen LogP contribution is 2.25. The number of ether oxygens (including phenoxy) is 1. The first-order valence-electron chi connectivity index (χ1n) is 4.79. The minimum absolute atomic E-state index is 0.108. The van der Waals surface area contributed by atoms with Crippen LogP contribution in [0.25, 0.3) is 0 Å². The molecule has 3 nitrogen and oxygen atoms in total. The zero-order chi connectivity index (χ0) is 9.97. The van der Waals surface area contributed by atoms with Crippen LogP contribution in [-0.2, 0) is 16.1 Å². The Labute approximate surface area is 83.3 Å². The van der Waals surface area contributed by atoms with Crippen molar-refractivity contribution in [1.82, 2.24) is 0 Å². The second kappa shape index (κ2) is 3.80. The van der Waals surface area contributed by atoms with E-state index >= 15 is 0 Å². The quantitative estimate of drug-likeness (QED) is 0.678. The van der Waals surface area contributed by atoms with Gasteiger partial charge in [-0.2, -0.15) is 0 Å². The molecule has 1 aliphatic heterocycles. The number of benzene rings is 1. The van der Waals surface area contributed by atoms with Gasteiger partial charge in [-0.3, -0.25) is 9.69 Å². The predicted octanol–water partition coefficient (Wildman–Crippen LogP) is 1.92. The summed E-state index contributed by atoms with van der Waals surface area (Å²) in [6.45, 7) is 2.84. The van der Waals surface area contributed by atoms with Crippen molar-refractivity contribution in [2.45, 2.75) is 20.0 Å². The maximum absolute atomic E-state index is 11.6. The normalized spacial score (nSPS) is 15.1. The lowest BCUT2D eigenvalue weighted by molar-refractivity contribution is -0.119. The molecule has 1 aromatic rings. The second-order valence-electron chi connectivity index (χ2n) is 3.28.